The number of β-amino-alcohol motifs (C(OH)–C–C–N with tert-alkyl or cyclic N) is 1. The van der Waals surface area contributed by atoms with Gasteiger partial charge in [0.2, 0.25) is 17.7 Å². The summed E-state index contributed by atoms with van der Waals surface area (Å²) in [7, 11) is 0. The van der Waals surface area contributed by atoms with Crippen molar-refractivity contribution in [3.63, 3.8) is 0 Å². The summed E-state index contributed by atoms with van der Waals surface area (Å²) in [5.74, 6) is 0.952. The minimum Gasteiger partial charge on any atom is -0.444 e. The van der Waals surface area contributed by atoms with Crippen molar-refractivity contribution in [3.05, 3.63) is 29.2 Å². The maximum Gasteiger partial charge on any atom is 0.248 e. The van der Waals surface area contributed by atoms with E-state index < -0.39 is 23.6 Å². The largest absolute Gasteiger partial charge is 0.444 e. The second-order valence-corrected chi connectivity index (χ2v) is 10.0. The molecule has 0 aromatic carbocycles. The predicted octanol–water partition coefficient (Wildman–Crippen LogP) is 1.63. The van der Waals surface area contributed by atoms with Gasteiger partial charge in [-0.15, -0.1) is 5.10 Å². The molecule has 0 bridgehead atoms. The van der Waals surface area contributed by atoms with Gasteiger partial charge in [0.1, 0.15) is 17.8 Å². The number of oxazole rings is 1. The lowest BCUT2D eigenvalue weighted by molar-refractivity contribution is -0.144. The molecule has 0 unspecified atom stereocenters. The second kappa shape index (κ2) is 8.31. The average molecular weight is 445 g/mol. The molecule has 4 rings (SSSR count). The van der Waals surface area contributed by atoms with Gasteiger partial charge >= 0.3 is 0 Å². The summed E-state index contributed by atoms with van der Waals surface area (Å²) in [6.07, 6.45) is 3.45. The molecule has 2 fully saturated rings. The third kappa shape index (κ3) is 4.55. The van der Waals surface area contributed by atoms with E-state index in [1.165, 1.54) is 4.90 Å². The van der Waals surface area contributed by atoms with Crippen LogP contribution in [0.15, 0.2) is 10.6 Å². The number of nitrogens with one attached hydrogen (secondary N) is 1. The molecule has 2 N–H and O–H groups in total. The van der Waals surface area contributed by atoms with Crippen molar-refractivity contribution in [2.24, 2.45) is 5.41 Å². The van der Waals surface area contributed by atoms with Gasteiger partial charge in [-0.3, -0.25) is 9.59 Å². The molecule has 10 heteroatoms. The van der Waals surface area contributed by atoms with E-state index in [1.807, 2.05) is 40.8 Å². The highest BCUT2D eigenvalue weighted by Crippen LogP contribution is 2.40. The number of carbonyl (C=O) groups is 2. The van der Waals surface area contributed by atoms with E-state index in [0.29, 0.717) is 17.6 Å². The summed E-state index contributed by atoms with van der Waals surface area (Å²) in [5.41, 5.74) is 1.21. The minimum atomic E-state index is -0.772. The van der Waals surface area contributed by atoms with Crippen LogP contribution in [0.1, 0.15) is 75.0 Å². The first kappa shape index (κ1) is 22.4. The number of aromatic nitrogens is 4. The molecule has 0 radical (unpaired) electrons. The van der Waals surface area contributed by atoms with E-state index in [0.717, 1.165) is 24.2 Å². The Kier molecular flexibility index (Phi) is 5.83. The summed E-state index contributed by atoms with van der Waals surface area (Å²) >= 11 is 0. The first-order chi connectivity index (χ1) is 15.0. The van der Waals surface area contributed by atoms with Crippen molar-refractivity contribution >= 4 is 11.8 Å². The highest BCUT2D eigenvalue weighted by atomic mass is 16.4. The molecule has 2 amide bonds. The number of likely N-dealkylation sites (tertiary alicyclic amines) is 1. The van der Waals surface area contributed by atoms with Crippen LogP contribution < -0.4 is 5.32 Å². The summed E-state index contributed by atoms with van der Waals surface area (Å²) in [6.45, 7) is 9.76. The molecular weight excluding hydrogens is 412 g/mol. The zero-order valence-electron chi connectivity index (χ0n) is 19.3. The summed E-state index contributed by atoms with van der Waals surface area (Å²) < 4.78 is 7.13. The van der Waals surface area contributed by atoms with Crippen molar-refractivity contribution in [2.75, 3.05) is 6.54 Å². The molecule has 2 aromatic heterocycles. The lowest BCUT2D eigenvalue weighted by Crippen LogP contribution is -2.50. The Morgan fingerprint density at radius 3 is 2.62 bits per heavy atom. The van der Waals surface area contributed by atoms with E-state index in [-0.39, 0.29) is 31.3 Å². The molecule has 1 aliphatic heterocycles. The van der Waals surface area contributed by atoms with Crippen LogP contribution in [0.3, 0.4) is 0 Å². The van der Waals surface area contributed by atoms with Crippen LogP contribution in [0.4, 0.5) is 0 Å². The zero-order chi connectivity index (χ0) is 23.2. The quantitative estimate of drug-likeness (QED) is 0.693. The Balaban J connectivity index is 1.51. The molecule has 0 spiro atoms. The van der Waals surface area contributed by atoms with Gasteiger partial charge in [0.25, 0.3) is 0 Å². The van der Waals surface area contributed by atoms with Gasteiger partial charge in [0, 0.05) is 25.1 Å². The Bertz CT molecular complexity index is 983. The Labute approximate surface area is 187 Å². The third-order valence-corrected chi connectivity index (χ3v) is 6.19. The number of amides is 2. The molecule has 2 aliphatic rings. The fourth-order valence-corrected chi connectivity index (χ4v) is 4.22. The Hall–Kier alpha value is -2.75. The fraction of sp³-hybridized carbons (Fsp3) is 0.682. The molecule has 1 saturated carbocycles. The fourth-order valence-electron chi connectivity index (χ4n) is 4.22. The zero-order valence-corrected chi connectivity index (χ0v) is 19.3. The second-order valence-electron chi connectivity index (χ2n) is 10.0. The van der Waals surface area contributed by atoms with Gasteiger partial charge in [-0.05, 0) is 32.1 Å². The highest BCUT2D eigenvalue weighted by Gasteiger charge is 2.45. The number of rotatable bonds is 6. The van der Waals surface area contributed by atoms with Crippen LogP contribution >= 0.6 is 0 Å². The summed E-state index contributed by atoms with van der Waals surface area (Å²) in [6, 6.07) is -1.41. The number of aryl methyl sites for hydroxylation is 2. The van der Waals surface area contributed by atoms with Crippen LogP contribution in [0.2, 0.25) is 0 Å². The standard InChI is InChI=1S/C22H32N6O4/c1-12-13(2)32-18(24-12)9-23-20(30)17-8-15(29)10-27(17)21(31)19(22(3,4)5)28-11-16(25-26-28)14-6-7-14/h11,14-15,17,19,29H,6-10H2,1-5H3,(H,23,30)/t15-,17+,19-/m1/s1. The normalized spacial score (nSPS) is 22.2. The van der Waals surface area contributed by atoms with Gasteiger partial charge in [-0.1, -0.05) is 26.0 Å². The monoisotopic (exact) mass is 444 g/mol. The van der Waals surface area contributed by atoms with Crippen molar-refractivity contribution in [2.45, 2.75) is 84.5 Å². The van der Waals surface area contributed by atoms with Crippen LogP contribution in [0.5, 0.6) is 0 Å². The predicted molar refractivity (Wildman–Crippen MR) is 114 cm³/mol. The molecule has 2 aromatic rings. The molecule has 174 valence electrons. The summed E-state index contributed by atoms with van der Waals surface area (Å²) in [4.78, 5) is 32.4. The van der Waals surface area contributed by atoms with Crippen molar-refractivity contribution < 1.29 is 19.1 Å². The third-order valence-electron chi connectivity index (χ3n) is 6.19. The molecule has 10 nitrogen and oxygen atoms in total. The van der Waals surface area contributed by atoms with Crippen LogP contribution in [0.25, 0.3) is 0 Å². The van der Waals surface area contributed by atoms with Crippen molar-refractivity contribution in [3.8, 4) is 0 Å². The number of hydrogen-bond donors (Lipinski definition) is 2. The van der Waals surface area contributed by atoms with E-state index in [1.54, 1.807) is 4.68 Å². The van der Waals surface area contributed by atoms with E-state index in [2.05, 4.69) is 20.6 Å². The van der Waals surface area contributed by atoms with Gasteiger partial charge in [-0.2, -0.15) is 0 Å². The highest BCUT2D eigenvalue weighted by molar-refractivity contribution is 5.90. The molecule has 32 heavy (non-hydrogen) atoms. The first-order valence-corrected chi connectivity index (χ1v) is 11.2. The van der Waals surface area contributed by atoms with Gasteiger partial charge in [-0.25, -0.2) is 9.67 Å². The average Bonchev–Trinajstić information content (AvgIpc) is 3.17. The van der Waals surface area contributed by atoms with Crippen LogP contribution in [-0.2, 0) is 16.1 Å². The van der Waals surface area contributed by atoms with Crippen LogP contribution in [0, 0.1) is 19.3 Å². The Morgan fingerprint density at radius 2 is 2.03 bits per heavy atom. The van der Waals surface area contributed by atoms with Gasteiger partial charge < -0.3 is 19.7 Å². The molecule has 1 saturated heterocycles. The lowest BCUT2D eigenvalue weighted by Gasteiger charge is -2.34. The van der Waals surface area contributed by atoms with E-state index in [9.17, 15) is 14.7 Å². The SMILES string of the molecule is Cc1nc(CNC(=O)[C@@H]2C[C@@H](O)CN2C(=O)[C@@H](n2cc(C3CC3)nn2)C(C)(C)C)oc1C. The number of nitrogens with zero attached hydrogens (tertiary/aromatic N) is 5. The van der Waals surface area contributed by atoms with Gasteiger partial charge in [0.15, 0.2) is 0 Å². The van der Waals surface area contributed by atoms with E-state index >= 15 is 0 Å². The van der Waals surface area contributed by atoms with Crippen molar-refractivity contribution in [1.82, 2.24) is 30.2 Å². The van der Waals surface area contributed by atoms with Crippen LogP contribution in [-0.4, -0.2) is 60.5 Å². The molecule has 3 heterocycles. The molecule has 1 aliphatic carbocycles. The van der Waals surface area contributed by atoms with Gasteiger partial charge in [0.05, 0.1) is 24.0 Å². The number of aliphatic hydroxyl groups is 1. The molecule has 3 atom stereocenters. The minimum absolute atomic E-state index is 0.102. The lowest BCUT2D eigenvalue weighted by atomic mass is 9.85. The smallest absolute Gasteiger partial charge is 0.248 e. The number of aliphatic hydroxyl groups excluding tert-OH is 1. The number of carbonyl (C=O) groups excluding carboxylic acids is 2. The first-order valence-electron chi connectivity index (χ1n) is 11.2. The number of hydrogen-bond acceptors (Lipinski definition) is 7. The maximum atomic E-state index is 13.7. The Morgan fingerprint density at radius 1 is 1.31 bits per heavy atom. The summed E-state index contributed by atoms with van der Waals surface area (Å²) in [5, 5.41) is 21.6. The molecular formula is C22H32N6O4. The maximum absolute atomic E-state index is 13.7. The van der Waals surface area contributed by atoms with E-state index in [4.69, 9.17) is 4.42 Å². The van der Waals surface area contributed by atoms with Crippen molar-refractivity contribution in [1.29, 1.82) is 0 Å². The topological polar surface area (TPSA) is 126 Å².